The van der Waals surface area contributed by atoms with E-state index < -0.39 is 0 Å². The minimum absolute atomic E-state index is 0.644. The summed E-state index contributed by atoms with van der Waals surface area (Å²) in [5.41, 5.74) is 2.73. The molecule has 0 spiro atoms. The first-order chi connectivity index (χ1) is 9.22. The zero-order chi connectivity index (χ0) is 13.7. The molecule has 3 heteroatoms. The smallest absolute Gasteiger partial charge is 0.150 e. The SMILES string of the molecule is CCOc1ccc(Cc2cc(C=O)ccc2Cl)cc1. The maximum Gasteiger partial charge on any atom is 0.150 e. The van der Waals surface area contributed by atoms with Crippen LogP contribution in [0.25, 0.3) is 0 Å². The second kappa shape index (κ2) is 6.39. The molecule has 0 unspecified atom stereocenters. The summed E-state index contributed by atoms with van der Waals surface area (Å²) in [6.07, 6.45) is 1.53. The van der Waals surface area contributed by atoms with Crippen molar-refractivity contribution in [1.29, 1.82) is 0 Å². The molecule has 0 aliphatic rings. The fourth-order valence-electron chi connectivity index (χ4n) is 1.89. The van der Waals surface area contributed by atoms with E-state index in [2.05, 4.69) is 0 Å². The van der Waals surface area contributed by atoms with Gasteiger partial charge in [-0.25, -0.2) is 0 Å². The van der Waals surface area contributed by atoms with Crippen LogP contribution in [0.3, 0.4) is 0 Å². The van der Waals surface area contributed by atoms with E-state index in [9.17, 15) is 4.79 Å². The van der Waals surface area contributed by atoms with E-state index >= 15 is 0 Å². The molecule has 2 rings (SSSR count). The molecule has 19 heavy (non-hydrogen) atoms. The monoisotopic (exact) mass is 274 g/mol. The number of ether oxygens (including phenoxy) is 1. The lowest BCUT2D eigenvalue weighted by molar-refractivity contribution is 0.112. The molecule has 0 amide bonds. The van der Waals surface area contributed by atoms with E-state index in [1.54, 1.807) is 12.1 Å². The third-order valence-electron chi connectivity index (χ3n) is 2.83. The maximum atomic E-state index is 10.8. The molecule has 0 fully saturated rings. The van der Waals surface area contributed by atoms with Crippen molar-refractivity contribution < 1.29 is 9.53 Å². The number of rotatable bonds is 5. The molecular weight excluding hydrogens is 260 g/mol. The van der Waals surface area contributed by atoms with Gasteiger partial charge in [-0.1, -0.05) is 29.8 Å². The molecule has 0 saturated carbocycles. The number of benzene rings is 2. The molecule has 98 valence electrons. The lowest BCUT2D eigenvalue weighted by Crippen LogP contribution is -1.94. The molecule has 2 nitrogen and oxygen atoms in total. The molecule has 0 aromatic heterocycles. The van der Waals surface area contributed by atoms with E-state index in [1.807, 2.05) is 37.3 Å². The van der Waals surface area contributed by atoms with Crippen molar-refractivity contribution in [2.24, 2.45) is 0 Å². The fraction of sp³-hybridized carbons (Fsp3) is 0.188. The Hall–Kier alpha value is -1.80. The number of aldehydes is 1. The van der Waals surface area contributed by atoms with E-state index in [0.29, 0.717) is 23.6 Å². The van der Waals surface area contributed by atoms with Crippen molar-refractivity contribution in [3.05, 3.63) is 64.2 Å². The predicted octanol–water partition coefficient (Wildman–Crippen LogP) is 4.14. The van der Waals surface area contributed by atoms with Crippen molar-refractivity contribution in [3.8, 4) is 5.75 Å². The topological polar surface area (TPSA) is 26.3 Å². The van der Waals surface area contributed by atoms with Gasteiger partial charge in [-0.3, -0.25) is 4.79 Å². The zero-order valence-electron chi connectivity index (χ0n) is 10.7. The predicted molar refractivity (Wildman–Crippen MR) is 77.3 cm³/mol. The highest BCUT2D eigenvalue weighted by Gasteiger charge is 2.04. The Balaban J connectivity index is 2.18. The van der Waals surface area contributed by atoms with Crippen LogP contribution in [0.4, 0.5) is 0 Å². The van der Waals surface area contributed by atoms with Crippen LogP contribution in [0.15, 0.2) is 42.5 Å². The highest BCUT2D eigenvalue weighted by molar-refractivity contribution is 6.31. The summed E-state index contributed by atoms with van der Waals surface area (Å²) in [4.78, 5) is 10.8. The standard InChI is InChI=1S/C16H15ClO2/c1-2-19-15-6-3-12(4-7-15)9-14-10-13(11-18)5-8-16(14)17/h3-8,10-11H,2,9H2,1H3. The summed E-state index contributed by atoms with van der Waals surface area (Å²) in [5.74, 6) is 0.860. The third kappa shape index (κ3) is 3.58. The highest BCUT2D eigenvalue weighted by atomic mass is 35.5. The molecule has 0 heterocycles. The molecule has 0 saturated heterocycles. The van der Waals surface area contributed by atoms with Crippen LogP contribution in [0.1, 0.15) is 28.4 Å². The Bertz CT molecular complexity index is 561. The van der Waals surface area contributed by atoms with E-state index in [-0.39, 0.29) is 0 Å². The highest BCUT2D eigenvalue weighted by Crippen LogP contribution is 2.21. The summed E-state index contributed by atoms with van der Waals surface area (Å²) < 4.78 is 5.40. The maximum absolute atomic E-state index is 10.8. The van der Waals surface area contributed by atoms with Crippen LogP contribution in [-0.2, 0) is 6.42 Å². The quantitative estimate of drug-likeness (QED) is 0.766. The van der Waals surface area contributed by atoms with Crippen LogP contribution in [0, 0.1) is 0 Å². The van der Waals surface area contributed by atoms with Crippen molar-refractivity contribution >= 4 is 17.9 Å². The van der Waals surface area contributed by atoms with E-state index in [4.69, 9.17) is 16.3 Å². The van der Waals surface area contributed by atoms with Crippen LogP contribution in [0.5, 0.6) is 5.75 Å². The molecular formula is C16H15ClO2. The number of hydrogen-bond acceptors (Lipinski definition) is 2. The second-order valence-corrected chi connectivity index (χ2v) is 4.63. The summed E-state index contributed by atoms with van der Waals surface area (Å²) in [6.45, 7) is 2.62. The first-order valence-electron chi connectivity index (χ1n) is 6.18. The minimum Gasteiger partial charge on any atom is -0.494 e. The van der Waals surface area contributed by atoms with E-state index in [0.717, 1.165) is 23.2 Å². The molecule has 2 aromatic rings. The number of carbonyl (C=O) groups excluding carboxylic acids is 1. The van der Waals surface area contributed by atoms with Gasteiger partial charge in [0.15, 0.2) is 0 Å². The van der Waals surface area contributed by atoms with Gasteiger partial charge in [0.05, 0.1) is 6.61 Å². The number of hydrogen-bond donors (Lipinski definition) is 0. The minimum atomic E-state index is 0.644. The van der Waals surface area contributed by atoms with Crippen molar-refractivity contribution in [3.63, 3.8) is 0 Å². The van der Waals surface area contributed by atoms with Gasteiger partial charge in [0, 0.05) is 10.6 Å². The Morgan fingerprint density at radius 3 is 2.53 bits per heavy atom. The lowest BCUT2D eigenvalue weighted by Gasteiger charge is -2.07. The van der Waals surface area contributed by atoms with Crippen molar-refractivity contribution in [2.45, 2.75) is 13.3 Å². The normalized spacial score (nSPS) is 10.2. The Morgan fingerprint density at radius 2 is 1.89 bits per heavy atom. The lowest BCUT2D eigenvalue weighted by atomic mass is 10.0. The van der Waals surface area contributed by atoms with Crippen LogP contribution >= 0.6 is 11.6 Å². The molecule has 0 aliphatic carbocycles. The summed E-state index contributed by atoms with van der Waals surface area (Å²) in [6, 6.07) is 13.2. The molecule has 0 bridgehead atoms. The molecule has 0 N–H and O–H groups in total. The number of halogens is 1. The zero-order valence-corrected chi connectivity index (χ0v) is 11.5. The Labute approximate surface area is 118 Å². The number of carbonyl (C=O) groups is 1. The summed E-state index contributed by atoms with van der Waals surface area (Å²) >= 11 is 6.14. The first-order valence-corrected chi connectivity index (χ1v) is 6.56. The molecule has 0 radical (unpaired) electrons. The Kier molecular flexibility index (Phi) is 4.58. The fourth-order valence-corrected chi connectivity index (χ4v) is 2.08. The van der Waals surface area contributed by atoms with Crippen molar-refractivity contribution in [2.75, 3.05) is 6.61 Å². The molecule has 0 aliphatic heterocycles. The van der Waals surface area contributed by atoms with Gasteiger partial charge in [-0.15, -0.1) is 0 Å². The van der Waals surface area contributed by atoms with Gasteiger partial charge >= 0.3 is 0 Å². The third-order valence-corrected chi connectivity index (χ3v) is 3.20. The summed E-state index contributed by atoms with van der Waals surface area (Å²) in [7, 11) is 0. The first kappa shape index (κ1) is 13.6. The van der Waals surface area contributed by atoms with Crippen LogP contribution in [0.2, 0.25) is 5.02 Å². The van der Waals surface area contributed by atoms with Crippen LogP contribution < -0.4 is 4.74 Å². The van der Waals surface area contributed by atoms with Gasteiger partial charge in [0.25, 0.3) is 0 Å². The van der Waals surface area contributed by atoms with Gasteiger partial charge in [0.2, 0.25) is 0 Å². The van der Waals surface area contributed by atoms with Gasteiger partial charge < -0.3 is 4.74 Å². The molecule has 2 aromatic carbocycles. The van der Waals surface area contributed by atoms with Gasteiger partial charge in [0.1, 0.15) is 12.0 Å². The van der Waals surface area contributed by atoms with Gasteiger partial charge in [-0.2, -0.15) is 0 Å². The summed E-state index contributed by atoms with van der Waals surface area (Å²) in [5, 5.41) is 0.680. The molecule has 0 atom stereocenters. The average Bonchev–Trinajstić information content (AvgIpc) is 2.44. The average molecular weight is 275 g/mol. The second-order valence-electron chi connectivity index (χ2n) is 4.22. The van der Waals surface area contributed by atoms with Crippen LogP contribution in [-0.4, -0.2) is 12.9 Å². The van der Waals surface area contributed by atoms with Crippen molar-refractivity contribution in [1.82, 2.24) is 0 Å². The van der Waals surface area contributed by atoms with Gasteiger partial charge in [-0.05, 0) is 48.7 Å². The van der Waals surface area contributed by atoms with E-state index in [1.165, 1.54) is 0 Å². The largest absolute Gasteiger partial charge is 0.494 e. The Morgan fingerprint density at radius 1 is 1.16 bits per heavy atom.